The monoisotopic (exact) mass is 217 g/mol. The van der Waals surface area contributed by atoms with Crippen molar-refractivity contribution in [1.29, 1.82) is 0 Å². The van der Waals surface area contributed by atoms with Crippen LogP contribution in [0.2, 0.25) is 0 Å². The molecule has 1 heterocycles. The third-order valence-electron chi connectivity index (χ3n) is 2.34. The average Bonchev–Trinajstić information content (AvgIpc) is 2.79. The standard InChI is InChI=1S/C12H15N3O/c13-9-5-4-8-11-14-12(15-16-11)10-6-2-1-3-7-10/h1-3,6-7H,4-5,8-9,13H2. The normalized spacial score (nSPS) is 10.6. The van der Waals surface area contributed by atoms with Crippen molar-refractivity contribution in [3.05, 3.63) is 36.2 Å². The lowest BCUT2D eigenvalue weighted by atomic mass is 10.2. The Morgan fingerprint density at radius 2 is 1.94 bits per heavy atom. The Bertz CT molecular complexity index is 425. The van der Waals surface area contributed by atoms with Crippen LogP contribution in [0.1, 0.15) is 18.7 Å². The number of benzene rings is 1. The fourth-order valence-electron chi connectivity index (χ4n) is 1.48. The van der Waals surface area contributed by atoms with Gasteiger partial charge in [0.1, 0.15) is 0 Å². The lowest BCUT2D eigenvalue weighted by molar-refractivity contribution is 0.375. The maximum Gasteiger partial charge on any atom is 0.226 e. The molecule has 84 valence electrons. The van der Waals surface area contributed by atoms with E-state index in [-0.39, 0.29) is 0 Å². The first kappa shape index (κ1) is 10.8. The molecule has 1 aromatic heterocycles. The third kappa shape index (κ3) is 2.67. The minimum atomic E-state index is 0.656. The molecule has 0 radical (unpaired) electrons. The minimum Gasteiger partial charge on any atom is -0.339 e. The summed E-state index contributed by atoms with van der Waals surface area (Å²) in [6.07, 6.45) is 2.78. The first-order valence-electron chi connectivity index (χ1n) is 5.48. The van der Waals surface area contributed by atoms with Crippen molar-refractivity contribution in [2.45, 2.75) is 19.3 Å². The number of aromatic nitrogens is 2. The zero-order chi connectivity index (χ0) is 11.2. The van der Waals surface area contributed by atoms with Gasteiger partial charge >= 0.3 is 0 Å². The van der Waals surface area contributed by atoms with E-state index in [4.69, 9.17) is 10.3 Å². The summed E-state index contributed by atoms with van der Waals surface area (Å²) in [6.45, 7) is 0.708. The van der Waals surface area contributed by atoms with Crippen LogP contribution in [-0.4, -0.2) is 16.7 Å². The maximum atomic E-state index is 5.42. The van der Waals surface area contributed by atoms with Crippen molar-refractivity contribution in [1.82, 2.24) is 10.1 Å². The molecule has 2 rings (SSSR count). The molecule has 0 aliphatic carbocycles. The molecule has 0 atom stereocenters. The fraction of sp³-hybridized carbons (Fsp3) is 0.333. The predicted molar refractivity (Wildman–Crippen MR) is 61.7 cm³/mol. The van der Waals surface area contributed by atoms with Crippen LogP contribution >= 0.6 is 0 Å². The number of aryl methyl sites for hydroxylation is 1. The van der Waals surface area contributed by atoms with Gasteiger partial charge in [0.05, 0.1) is 0 Å². The van der Waals surface area contributed by atoms with Crippen LogP contribution in [0.15, 0.2) is 34.9 Å². The van der Waals surface area contributed by atoms with Gasteiger partial charge in [0, 0.05) is 12.0 Å². The summed E-state index contributed by atoms with van der Waals surface area (Å²) >= 11 is 0. The lowest BCUT2D eigenvalue weighted by Crippen LogP contribution is -1.99. The first-order valence-corrected chi connectivity index (χ1v) is 5.48. The Balaban J connectivity index is 2.02. The first-order chi connectivity index (χ1) is 7.90. The Morgan fingerprint density at radius 1 is 1.12 bits per heavy atom. The van der Waals surface area contributed by atoms with Crippen LogP contribution in [0.25, 0.3) is 11.4 Å². The van der Waals surface area contributed by atoms with Crippen LogP contribution in [0.3, 0.4) is 0 Å². The highest BCUT2D eigenvalue weighted by Gasteiger charge is 2.07. The van der Waals surface area contributed by atoms with Gasteiger partial charge in [0.25, 0.3) is 0 Å². The summed E-state index contributed by atoms with van der Waals surface area (Å²) in [5.41, 5.74) is 6.40. The highest BCUT2D eigenvalue weighted by atomic mass is 16.5. The largest absolute Gasteiger partial charge is 0.339 e. The highest BCUT2D eigenvalue weighted by molar-refractivity contribution is 5.53. The predicted octanol–water partition coefficient (Wildman–Crippen LogP) is 2.02. The van der Waals surface area contributed by atoms with Gasteiger partial charge in [-0.15, -0.1) is 0 Å². The van der Waals surface area contributed by atoms with E-state index in [0.717, 1.165) is 24.8 Å². The van der Waals surface area contributed by atoms with Gasteiger partial charge in [-0.05, 0) is 19.4 Å². The van der Waals surface area contributed by atoms with Crippen LogP contribution in [0, 0.1) is 0 Å². The summed E-state index contributed by atoms with van der Waals surface area (Å²) in [5.74, 6) is 1.34. The van der Waals surface area contributed by atoms with Crippen molar-refractivity contribution >= 4 is 0 Å². The Morgan fingerprint density at radius 3 is 2.69 bits per heavy atom. The molecule has 4 nitrogen and oxygen atoms in total. The molecule has 0 amide bonds. The number of nitrogens with two attached hydrogens (primary N) is 1. The zero-order valence-corrected chi connectivity index (χ0v) is 9.10. The van der Waals surface area contributed by atoms with Crippen molar-refractivity contribution in [3.8, 4) is 11.4 Å². The van der Waals surface area contributed by atoms with Crippen LogP contribution < -0.4 is 5.73 Å². The van der Waals surface area contributed by atoms with E-state index in [2.05, 4.69) is 10.1 Å². The van der Waals surface area contributed by atoms with Gasteiger partial charge in [-0.25, -0.2) is 0 Å². The second kappa shape index (κ2) is 5.42. The summed E-state index contributed by atoms with van der Waals surface area (Å²) in [4.78, 5) is 4.33. The number of rotatable bonds is 5. The molecule has 0 bridgehead atoms. The van der Waals surface area contributed by atoms with E-state index >= 15 is 0 Å². The molecule has 2 aromatic rings. The van der Waals surface area contributed by atoms with Gasteiger partial charge in [0.2, 0.25) is 11.7 Å². The van der Waals surface area contributed by atoms with E-state index in [1.165, 1.54) is 0 Å². The van der Waals surface area contributed by atoms with Gasteiger partial charge in [-0.3, -0.25) is 0 Å². The number of hydrogen-bond acceptors (Lipinski definition) is 4. The van der Waals surface area contributed by atoms with Crippen LogP contribution in [0.4, 0.5) is 0 Å². The molecule has 0 aliphatic heterocycles. The zero-order valence-electron chi connectivity index (χ0n) is 9.10. The quantitative estimate of drug-likeness (QED) is 0.778. The molecular weight excluding hydrogens is 202 g/mol. The molecule has 2 N–H and O–H groups in total. The SMILES string of the molecule is NCCCCc1nc(-c2ccccc2)no1. The van der Waals surface area contributed by atoms with E-state index < -0.39 is 0 Å². The van der Waals surface area contributed by atoms with Crippen LogP contribution in [-0.2, 0) is 6.42 Å². The number of nitrogens with zero attached hydrogens (tertiary/aromatic N) is 2. The van der Waals surface area contributed by atoms with Gasteiger partial charge < -0.3 is 10.3 Å². The lowest BCUT2D eigenvalue weighted by Gasteiger charge is -1.92. The van der Waals surface area contributed by atoms with E-state index in [1.807, 2.05) is 30.3 Å². The van der Waals surface area contributed by atoms with Crippen molar-refractivity contribution in [2.24, 2.45) is 5.73 Å². The Labute approximate surface area is 94.5 Å². The topological polar surface area (TPSA) is 64.9 Å². The highest BCUT2D eigenvalue weighted by Crippen LogP contribution is 2.15. The minimum absolute atomic E-state index is 0.656. The molecule has 1 aromatic carbocycles. The maximum absolute atomic E-state index is 5.42. The van der Waals surface area contributed by atoms with E-state index in [1.54, 1.807) is 0 Å². The molecule has 0 spiro atoms. The van der Waals surface area contributed by atoms with Gasteiger partial charge in [-0.2, -0.15) is 4.98 Å². The molecule has 0 saturated carbocycles. The smallest absolute Gasteiger partial charge is 0.226 e. The van der Waals surface area contributed by atoms with Crippen LogP contribution in [0.5, 0.6) is 0 Å². The van der Waals surface area contributed by atoms with E-state index in [9.17, 15) is 0 Å². The van der Waals surface area contributed by atoms with E-state index in [0.29, 0.717) is 18.3 Å². The number of unbranched alkanes of at least 4 members (excludes halogenated alkanes) is 1. The Kier molecular flexibility index (Phi) is 3.66. The fourth-order valence-corrected chi connectivity index (χ4v) is 1.48. The molecule has 0 unspecified atom stereocenters. The van der Waals surface area contributed by atoms with Gasteiger partial charge in [-0.1, -0.05) is 35.5 Å². The van der Waals surface area contributed by atoms with Crippen molar-refractivity contribution in [3.63, 3.8) is 0 Å². The summed E-state index contributed by atoms with van der Waals surface area (Å²) in [5, 5.41) is 3.95. The van der Waals surface area contributed by atoms with Crippen molar-refractivity contribution < 1.29 is 4.52 Å². The molecule has 0 aliphatic rings. The third-order valence-corrected chi connectivity index (χ3v) is 2.34. The molecule has 0 saturated heterocycles. The summed E-state index contributed by atoms with van der Waals surface area (Å²) < 4.78 is 5.16. The van der Waals surface area contributed by atoms with Crippen molar-refractivity contribution in [2.75, 3.05) is 6.54 Å². The Hall–Kier alpha value is -1.68. The molecule has 0 fully saturated rings. The molecular formula is C12H15N3O. The number of hydrogen-bond donors (Lipinski definition) is 1. The summed E-state index contributed by atoms with van der Waals surface area (Å²) in [7, 11) is 0. The second-order valence-corrected chi connectivity index (χ2v) is 3.62. The average molecular weight is 217 g/mol. The van der Waals surface area contributed by atoms with Gasteiger partial charge in [0.15, 0.2) is 0 Å². The molecule has 16 heavy (non-hydrogen) atoms. The summed E-state index contributed by atoms with van der Waals surface area (Å²) in [6, 6.07) is 9.81. The second-order valence-electron chi connectivity index (χ2n) is 3.62. The molecule has 4 heteroatoms.